The zero-order chi connectivity index (χ0) is 21.6. The summed E-state index contributed by atoms with van der Waals surface area (Å²) < 4.78 is 47.1. The minimum Gasteiger partial charge on any atom is -0.485 e. The van der Waals surface area contributed by atoms with Crippen LogP contribution in [-0.2, 0) is 10.0 Å². The lowest BCUT2D eigenvalue weighted by molar-refractivity contribution is 0.0498. The molecule has 0 aliphatic carbocycles. The Morgan fingerprint density at radius 3 is 2.26 bits per heavy atom. The highest BCUT2D eigenvalue weighted by molar-refractivity contribution is 7.89. The Morgan fingerprint density at radius 2 is 1.55 bits per heavy atom. The third-order valence-corrected chi connectivity index (χ3v) is 7.81. The maximum absolute atomic E-state index is 13.2. The van der Waals surface area contributed by atoms with E-state index in [1.807, 2.05) is 0 Å². The number of ketones is 1. The number of nitrogens with zero attached hydrogens (tertiary/aromatic N) is 1. The Balaban J connectivity index is 1.37. The van der Waals surface area contributed by atoms with E-state index < -0.39 is 15.6 Å². The largest absolute Gasteiger partial charge is 0.485 e. The van der Waals surface area contributed by atoms with Gasteiger partial charge < -0.3 is 4.74 Å². The molecule has 3 aromatic rings. The topological polar surface area (TPSA) is 63.7 Å². The van der Waals surface area contributed by atoms with Crippen molar-refractivity contribution in [1.82, 2.24) is 4.31 Å². The van der Waals surface area contributed by atoms with Crippen LogP contribution in [0.15, 0.2) is 77.7 Å². The molecule has 1 spiro atoms. The third kappa shape index (κ3) is 3.54. The van der Waals surface area contributed by atoms with Gasteiger partial charge in [-0.25, -0.2) is 12.8 Å². The second kappa shape index (κ2) is 7.28. The van der Waals surface area contributed by atoms with E-state index in [2.05, 4.69) is 0 Å². The zero-order valence-corrected chi connectivity index (χ0v) is 17.4. The molecule has 5 nitrogen and oxygen atoms in total. The van der Waals surface area contributed by atoms with E-state index in [9.17, 15) is 17.6 Å². The maximum atomic E-state index is 13.2. The Bertz CT molecular complexity index is 1260. The Kier molecular flexibility index (Phi) is 4.68. The number of Topliss-reactive ketones (excluding diaryl/α,β-unsaturated/α-hetero) is 1. The minimum absolute atomic E-state index is 0.0234. The Hall–Kier alpha value is -3.03. The first-order valence-corrected chi connectivity index (χ1v) is 11.5. The first-order chi connectivity index (χ1) is 14.9. The Labute approximate surface area is 180 Å². The van der Waals surface area contributed by atoms with Crippen LogP contribution in [0.3, 0.4) is 0 Å². The van der Waals surface area contributed by atoms with Crippen LogP contribution in [-0.4, -0.2) is 37.2 Å². The van der Waals surface area contributed by atoms with Gasteiger partial charge in [-0.3, -0.25) is 4.79 Å². The summed E-state index contributed by atoms with van der Waals surface area (Å²) in [5, 5.41) is 0. The highest BCUT2D eigenvalue weighted by atomic mass is 32.2. The number of ether oxygens (including phenoxy) is 1. The van der Waals surface area contributed by atoms with Crippen LogP contribution < -0.4 is 4.74 Å². The molecule has 158 valence electrons. The van der Waals surface area contributed by atoms with Crippen molar-refractivity contribution in [3.8, 4) is 16.9 Å². The van der Waals surface area contributed by atoms with Gasteiger partial charge in [0.1, 0.15) is 17.2 Å². The second-order valence-corrected chi connectivity index (χ2v) is 9.94. The van der Waals surface area contributed by atoms with Crippen molar-refractivity contribution in [2.75, 3.05) is 13.1 Å². The molecule has 2 heterocycles. The molecule has 5 rings (SSSR count). The van der Waals surface area contributed by atoms with Crippen LogP contribution in [0.25, 0.3) is 11.1 Å². The molecule has 7 heteroatoms. The highest BCUT2D eigenvalue weighted by Crippen LogP contribution is 2.40. The summed E-state index contributed by atoms with van der Waals surface area (Å²) in [5.41, 5.74) is 1.32. The molecule has 2 aliphatic heterocycles. The molecular formula is C24H20FNO4S. The summed E-state index contributed by atoms with van der Waals surface area (Å²) in [5.74, 6) is 0.170. The zero-order valence-electron chi connectivity index (χ0n) is 16.6. The fraction of sp³-hybridized carbons (Fsp3) is 0.208. The molecule has 0 radical (unpaired) electrons. The van der Waals surface area contributed by atoms with Gasteiger partial charge in [-0.15, -0.1) is 0 Å². The number of carbonyl (C=O) groups is 1. The fourth-order valence-electron chi connectivity index (χ4n) is 4.29. The quantitative estimate of drug-likeness (QED) is 0.613. The third-order valence-electron chi connectivity index (χ3n) is 5.95. The number of hydrogen-bond acceptors (Lipinski definition) is 4. The van der Waals surface area contributed by atoms with Crippen LogP contribution in [0, 0.1) is 5.82 Å². The number of carbonyl (C=O) groups excluding carboxylic acids is 1. The summed E-state index contributed by atoms with van der Waals surface area (Å²) in [6, 6.07) is 19.7. The molecule has 1 unspecified atom stereocenters. The SMILES string of the molecule is O=C1CC2(CCN(S(=O)(=O)c3ccc(-c4ccc(F)cc4)cc3)C2)Oc2ccccc21. The van der Waals surface area contributed by atoms with Crippen molar-refractivity contribution < 1.29 is 22.3 Å². The maximum Gasteiger partial charge on any atom is 0.243 e. The average Bonchev–Trinajstić information content (AvgIpc) is 3.18. The lowest BCUT2D eigenvalue weighted by Gasteiger charge is -2.34. The monoisotopic (exact) mass is 437 g/mol. The van der Waals surface area contributed by atoms with Crippen LogP contribution >= 0.6 is 0 Å². The lowest BCUT2D eigenvalue weighted by atomic mass is 9.89. The highest BCUT2D eigenvalue weighted by Gasteiger charge is 2.48. The van der Waals surface area contributed by atoms with E-state index in [4.69, 9.17) is 4.74 Å². The van der Waals surface area contributed by atoms with Crippen LogP contribution in [0.4, 0.5) is 4.39 Å². The van der Waals surface area contributed by atoms with Crippen molar-refractivity contribution in [3.63, 3.8) is 0 Å². The first-order valence-electron chi connectivity index (χ1n) is 10.0. The number of sulfonamides is 1. The smallest absolute Gasteiger partial charge is 0.243 e. The minimum atomic E-state index is -3.73. The van der Waals surface area contributed by atoms with Gasteiger partial charge in [0, 0.05) is 13.0 Å². The first kappa shape index (κ1) is 19.9. The molecular weight excluding hydrogens is 417 g/mol. The molecule has 1 saturated heterocycles. The van der Waals surface area contributed by atoms with Crippen molar-refractivity contribution in [2.45, 2.75) is 23.3 Å². The number of rotatable bonds is 3. The van der Waals surface area contributed by atoms with E-state index in [0.29, 0.717) is 17.7 Å². The Morgan fingerprint density at radius 1 is 0.903 bits per heavy atom. The van der Waals surface area contributed by atoms with Gasteiger partial charge in [-0.05, 0) is 47.5 Å². The molecule has 3 aromatic carbocycles. The summed E-state index contributed by atoms with van der Waals surface area (Å²) in [6.07, 6.45) is 0.625. The van der Waals surface area contributed by atoms with Gasteiger partial charge in [0.2, 0.25) is 10.0 Å². The van der Waals surface area contributed by atoms with Gasteiger partial charge in [0.15, 0.2) is 5.78 Å². The summed E-state index contributed by atoms with van der Waals surface area (Å²) in [4.78, 5) is 12.8. The van der Waals surface area contributed by atoms with Gasteiger partial charge in [-0.1, -0.05) is 36.4 Å². The fourth-order valence-corrected chi connectivity index (χ4v) is 5.81. The van der Waals surface area contributed by atoms with Gasteiger partial charge >= 0.3 is 0 Å². The normalized spacial score (nSPS) is 21.1. The lowest BCUT2D eigenvalue weighted by Crippen LogP contribution is -2.45. The van der Waals surface area contributed by atoms with Crippen LogP contribution in [0.2, 0.25) is 0 Å². The van der Waals surface area contributed by atoms with E-state index in [1.165, 1.54) is 16.4 Å². The van der Waals surface area contributed by atoms with E-state index >= 15 is 0 Å². The molecule has 0 bridgehead atoms. The van der Waals surface area contributed by atoms with Gasteiger partial charge in [-0.2, -0.15) is 4.31 Å². The standard InChI is InChI=1S/C24H20FNO4S/c25-19-9-5-17(6-10-19)18-7-11-20(12-8-18)31(28,29)26-14-13-24(16-26)15-22(27)21-3-1-2-4-23(21)30-24/h1-12H,13-16H2. The predicted octanol–water partition coefficient (Wildman–Crippen LogP) is 4.29. The van der Waals surface area contributed by atoms with Crippen molar-refractivity contribution in [3.05, 3.63) is 84.2 Å². The summed E-state index contributed by atoms with van der Waals surface area (Å²) >= 11 is 0. The molecule has 31 heavy (non-hydrogen) atoms. The number of halogens is 1. The molecule has 0 amide bonds. The van der Waals surface area contributed by atoms with Crippen LogP contribution in [0.5, 0.6) is 5.75 Å². The van der Waals surface area contributed by atoms with E-state index in [1.54, 1.807) is 60.7 Å². The predicted molar refractivity (Wildman–Crippen MR) is 114 cm³/mol. The molecule has 1 atom stereocenters. The molecule has 0 N–H and O–H groups in total. The summed E-state index contributed by atoms with van der Waals surface area (Å²) in [6.45, 7) is 0.423. The van der Waals surface area contributed by atoms with E-state index in [-0.39, 0.29) is 36.0 Å². The van der Waals surface area contributed by atoms with Gasteiger partial charge in [0.05, 0.1) is 23.4 Å². The molecule has 0 saturated carbocycles. The van der Waals surface area contributed by atoms with Gasteiger partial charge in [0.25, 0.3) is 0 Å². The molecule has 2 aliphatic rings. The second-order valence-electron chi connectivity index (χ2n) is 8.00. The summed E-state index contributed by atoms with van der Waals surface area (Å²) in [7, 11) is -3.73. The number of fused-ring (bicyclic) bond motifs is 1. The average molecular weight is 437 g/mol. The molecule has 1 fully saturated rings. The number of benzene rings is 3. The van der Waals surface area contributed by atoms with Crippen molar-refractivity contribution in [2.24, 2.45) is 0 Å². The van der Waals surface area contributed by atoms with Crippen LogP contribution in [0.1, 0.15) is 23.2 Å². The van der Waals surface area contributed by atoms with Crippen molar-refractivity contribution in [1.29, 1.82) is 0 Å². The number of hydrogen-bond donors (Lipinski definition) is 0. The van der Waals surface area contributed by atoms with E-state index in [0.717, 1.165) is 11.1 Å². The number of para-hydroxylation sites is 1. The molecule has 0 aromatic heterocycles. The van der Waals surface area contributed by atoms with Crippen molar-refractivity contribution >= 4 is 15.8 Å².